The number of methoxy groups -OCH3 is 1. The minimum absolute atomic E-state index is 0.160. The van der Waals surface area contributed by atoms with Crippen LogP contribution >= 0.6 is 11.3 Å². The highest BCUT2D eigenvalue weighted by Gasteiger charge is 2.10. The van der Waals surface area contributed by atoms with Crippen molar-refractivity contribution < 1.29 is 19.1 Å². The SMILES string of the molecule is COc1ccccc1OCC(=O)Nc1ccc(C(=O)Nc2nccs2)cc1. The fourth-order valence-electron chi connectivity index (χ4n) is 2.24. The first-order valence-electron chi connectivity index (χ1n) is 8.02. The quantitative estimate of drug-likeness (QED) is 0.652. The van der Waals surface area contributed by atoms with Crippen LogP contribution in [0.15, 0.2) is 60.1 Å². The predicted molar refractivity (Wildman–Crippen MR) is 104 cm³/mol. The Hall–Kier alpha value is -3.39. The number of hydrogen-bond acceptors (Lipinski definition) is 6. The number of aromatic nitrogens is 1. The zero-order valence-electron chi connectivity index (χ0n) is 14.5. The lowest BCUT2D eigenvalue weighted by molar-refractivity contribution is -0.118. The Morgan fingerprint density at radius 2 is 1.78 bits per heavy atom. The molecule has 0 bridgehead atoms. The lowest BCUT2D eigenvalue weighted by atomic mass is 10.2. The van der Waals surface area contributed by atoms with Gasteiger partial charge in [-0.05, 0) is 36.4 Å². The second-order valence-electron chi connectivity index (χ2n) is 5.36. The zero-order valence-corrected chi connectivity index (χ0v) is 15.3. The van der Waals surface area contributed by atoms with E-state index in [1.165, 1.54) is 18.4 Å². The van der Waals surface area contributed by atoms with Crippen LogP contribution in [0.25, 0.3) is 0 Å². The number of hydrogen-bond donors (Lipinski definition) is 2. The van der Waals surface area contributed by atoms with E-state index < -0.39 is 0 Å². The molecule has 138 valence electrons. The molecule has 0 saturated carbocycles. The second-order valence-corrected chi connectivity index (χ2v) is 6.25. The molecule has 0 aliphatic rings. The van der Waals surface area contributed by atoms with Crippen LogP contribution in [-0.2, 0) is 4.79 Å². The summed E-state index contributed by atoms with van der Waals surface area (Å²) in [5.74, 6) is 0.466. The highest BCUT2D eigenvalue weighted by Crippen LogP contribution is 2.25. The van der Waals surface area contributed by atoms with Gasteiger partial charge >= 0.3 is 0 Å². The largest absolute Gasteiger partial charge is 0.493 e. The lowest BCUT2D eigenvalue weighted by Crippen LogP contribution is -2.20. The van der Waals surface area contributed by atoms with E-state index in [-0.39, 0.29) is 18.4 Å². The molecule has 27 heavy (non-hydrogen) atoms. The number of thiazole rings is 1. The number of ether oxygens (including phenoxy) is 2. The number of rotatable bonds is 7. The van der Waals surface area contributed by atoms with E-state index in [9.17, 15) is 9.59 Å². The summed E-state index contributed by atoms with van der Waals surface area (Å²) in [5.41, 5.74) is 1.03. The van der Waals surface area contributed by atoms with Crippen LogP contribution in [0.1, 0.15) is 10.4 Å². The second kappa shape index (κ2) is 8.81. The van der Waals surface area contributed by atoms with E-state index in [1.807, 2.05) is 6.07 Å². The van der Waals surface area contributed by atoms with Crippen molar-refractivity contribution in [1.29, 1.82) is 0 Å². The molecule has 8 heteroatoms. The Morgan fingerprint density at radius 3 is 2.44 bits per heavy atom. The first kappa shape index (κ1) is 18.4. The van der Waals surface area contributed by atoms with Crippen LogP contribution in [-0.4, -0.2) is 30.5 Å². The smallest absolute Gasteiger partial charge is 0.262 e. The molecule has 2 amide bonds. The van der Waals surface area contributed by atoms with Crippen molar-refractivity contribution in [2.24, 2.45) is 0 Å². The van der Waals surface area contributed by atoms with Gasteiger partial charge in [-0.25, -0.2) is 4.98 Å². The molecule has 0 spiro atoms. The monoisotopic (exact) mass is 383 g/mol. The molecular weight excluding hydrogens is 366 g/mol. The van der Waals surface area contributed by atoms with Gasteiger partial charge in [-0.2, -0.15) is 0 Å². The van der Waals surface area contributed by atoms with Crippen LogP contribution < -0.4 is 20.1 Å². The van der Waals surface area contributed by atoms with Crippen LogP contribution in [0, 0.1) is 0 Å². The van der Waals surface area contributed by atoms with Crippen molar-refractivity contribution in [2.75, 3.05) is 24.4 Å². The summed E-state index contributed by atoms with van der Waals surface area (Å²) in [5, 5.41) is 7.72. The van der Waals surface area contributed by atoms with E-state index in [0.717, 1.165) is 0 Å². The summed E-state index contributed by atoms with van der Waals surface area (Å²) >= 11 is 1.34. The number of carbonyl (C=O) groups excluding carboxylic acids is 2. The van der Waals surface area contributed by atoms with Crippen LogP contribution in [0.5, 0.6) is 11.5 Å². The molecule has 0 atom stereocenters. The maximum absolute atomic E-state index is 12.1. The molecule has 0 unspecified atom stereocenters. The molecule has 7 nitrogen and oxygen atoms in total. The van der Waals surface area contributed by atoms with Crippen LogP contribution in [0.2, 0.25) is 0 Å². The molecule has 0 aliphatic carbocycles. The van der Waals surface area contributed by atoms with E-state index in [0.29, 0.717) is 27.9 Å². The molecule has 0 aliphatic heterocycles. The fourth-order valence-corrected chi connectivity index (χ4v) is 2.76. The number of nitrogens with zero attached hydrogens (tertiary/aromatic N) is 1. The normalized spacial score (nSPS) is 10.1. The van der Waals surface area contributed by atoms with Crippen molar-refractivity contribution in [3.8, 4) is 11.5 Å². The van der Waals surface area contributed by atoms with Gasteiger partial charge in [-0.1, -0.05) is 12.1 Å². The zero-order chi connectivity index (χ0) is 19.1. The van der Waals surface area contributed by atoms with Gasteiger partial charge in [-0.3, -0.25) is 14.9 Å². The van der Waals surface area contributed by atoms with Crippen molar-refractivity contribution in [2.45, 2.75) is 0 Å². The Bertz CT molecular complexity index is 911. The van der Waals surface area contributed by atoms with Gasteiger partial charge in [0.25, 0.3) is 11.8 Å². The van der Waals surface area contributed by atoms with Gasteiger partial charge in [0.05, 0.1) is 7.11 Å². The Morgan fingerprint density at radius 1 is 1.04 bits per heavy atom. The minimum atomic E-state index is -0.319. The molecule has 1 aromatic heterocycles. The Labute approximate surface area is 160 Å². The average molecular weight is 383 g/mol. The summed E-state index contributed by atoms with van der Waals surface area (Å²) in [6.07, 6.45) is 1.62. The Kier molecular flexibility index (Phi) is 6.01. The minimum Gasteiger partial charge on any atom is -0.493 e. The van der Waals surface area contributed by atoms with E-state index in [4.69, 9.17) is 9.47 Å². The molecule has 1 heterocycles. The first-order chi connectivity index (χ1) is 13.2. The summed E-state index contributed by atoms with van der Waals surface area (Å²) < 4.78 is 10.6. The number of amides is 2. The van der Waals surface area contributed by atoms with E-state index >= 15 is 0 Å². The maximum atomic E-state index is 12.1. The highest BCUT2D eigenvalue weighted by molar-refractivity contribution is 7.13. The van der Waals surface area contributed by atoms with E-state index in [1.54, 1.807) is 54.0 Å². The van der Waals surface area contributed by atoms with Gasteiger partial charge < -0.3 is 14.8 Å². The van der Waals surface area contributed by atoms with Gasteiger partial charge in [0.2, 0.25) is 0 Å². The van der Waals surface area contributed by atoms with Crippen molar-refractivity contribution in [1.82, 2.24) is 4.98 Å². The summed E-state index contributed by atoms with van der Waals surface area (Å²) in [7, 11) is 1.54. The van der Waals surface area contributed by atoms with Crippen molar-refractivity contribution in [3.63, 3.8) is 0 Å². The lowest BCUT2D eigenvalue weighted by Gasteiger charge is -2.10. The van der Waals surface area contributed by atoms with Gasteiger partial charge in [-0.15, -0.1) is 11.3 Å². The Balaban J connectivity index is 1.53. The molecule has 2 N–H and O–H groups in total. The predicted octanol–water partition coefficient (Wildman–Crippen LogP) is 3.42. The van der Waals surface area contributed by atoms with Crippen molar-refractivity contribution >= 4 is 34.0 Å². The van der Waals surface area contributed by atoms with E-state index in [2.05, 4.69) is 15.6 Å². The molecule has 3 rings (SSSR count). The first-order valence-corrected chi connectivity index (χ1v) is 8.90. The van der Waals surface area contributed by atoms with Crippen LogP contribution in [0.3, 0.4) is 0 Å². The van der Waals surface area contributed by atoms with Gasteiger partial charge in [0.15, 0.2) is 23.2 Å². The fraction of sp³-hybridized carbons (Fsp3) is 0.105. The molecule has 0 fully saturated rings. The molecule has 0 saturated heterocycles. The number of anilines is 2. The summed E-state index contributed by atoms with van der Waals surface area (Å²) in [4.78, 5) is 28.2. The van der Waals surface area contributed by atoms with Gasteiger partial charge in [0.1, 0.15) is 0 Å². The standard InChI is InChI=1S/C19H17N3O4S/c1-25-15-4-2-3-5-16(15)26-12-17(23)21-14-8-6-13(7-9-14)18(24)22-19-20-10-11-27-19/h2-11H,12H2,1H3,(H,21,23)(H,20,22,24). The topological polar surface area (TPSA) is 89.5 Å². The number of para-hydroxylation sites is 2. The number of carbonyl (C=O) groups is 2. The molecule has 3 aromatic rings. The number of benzene rings is 2. The summed E-state index contributed by atoms with van der Waals surface area (Å²) in [6, 6.07) is 13.6. The highest BCUT2D eigenvalue weighted by atomic mass is 32.1. The molecular formula is C19H17N3O4S. The maximum Gasteiger partial charge on any atom is 0.262 e. The molecule has 2 aromatic carbocycles. The van der Waals surface area contributed by atoms with Crippen molar-refractivity contribution in [3.05, 3.63) is 65.7 Å². The third kappa shape index (κ3) is 5.05. The molecule has 0 radical (unpaired) electrons. The third-order valence-electron chi connectivity index (χ3n) is 3.51. The van der Waals surface area contributed by atoms with Gasteiger partial charge in [0, 0.05) is 22.8 Å². The van der Waals surface area contributed by atoms with Crippen LogP contribution in [0.4, 0.5) is 10.8 Å². The average Bonchev–Trinajstić information content (AvgIpc) is 3.20. The summed E-state index contributed by atoms with van der Waals surface area (Å²) in [6.45, 7) is -0.160. The number of nitrogens with one attached hydrogen (secondary N) is 2. The third-order valence-corrected chi connectivity index (χ3v) is 4.20.